The summed E-state index contributed by atoms with van der Waals surface area (Å²) in [5, 5.41) is 23.8. The molecular weight excluding hydrogens is 258 g/mol. The Hall–Kier alpha value is -2.65. The lowest BCUT2D eigenvalue weighted by atomic mass is 9.87. The molecule has 2 unspecified atom stereocenters. The second kappa shape index (κ2) is 4.18. The lowest BCUT2D eigenvalue weighted by molar-refractivity contribution is 0.715. The van der Waals surface area contributed by atoms with Gasteiger partial charge in [0, 0.05) is 16.8 Å². The first-order valence-corrected chi connectivity index (χ1v) is 5.73. The van der Waals surface area contributed by atoms with Crippen molar-refractivity contribution in [1.82, 2.24) is 0 Å². The van der Waals surface area contributed by atoms with Gasteiger partial charge in [-0.1, -0.05) is 0 Å². The molecule has 0 aromatic carbocycles. The van der Waals surface area contributed by atoms with E-state index in [2.05, 4.69) is 0 Å². The molecule has 9 nitrogen and oxygen atoms in total. The van der Waals surface area contributed by atoms with Gasteiger partial charge in [0.15, 0.2) is 0 Å². The monoisotopic (exact) mass is 275 g/mol. The number of rotatable bonds is 1. The highest BCUT2D eigenvalue weighted by Gasteiger charge is 2.39. The molecule has 0 aromatic heterocycles. The first kappa shape index (κ1) is 13.8. The van der Waals surface area contributed by atoms with E-state index in [1.165, 1.54) is 0 Å². The molecule has 0 radical (unpaired) electrons. The Morgan fingerprint density at radius 3 is 1.60 bits per heavy atom. The number of nitrogens with one attached hydrogen (secondary N) is 3. The summed E-state index contributed by atoms with van der Waals surface area (Å²) in [5.41, 5.74) is 34.4. The SMILES string of the molecule is N=C1C(N)=C(N)C(=N)C(C2=C(N)C(N)C(N)C2=N)=C1N. The minimum absolute atomic E-state index is 0.0289. The van der Waals surface area contributed by atoms with Gasteiger partial charge >= 0.3 is 0 Å². The normalized spacial score (nSPS) is 28.0. The van der Waals surface area contributed by atoms with Gasteiger partial charge in [-0.3, -0.25) is 10.8 Å². The van der Waals surface area contributed by atoms with E-state index in [0.29, 0.717) is 0 Å². The molecule has 9 heteroatoms. The molecule has 0 heterocycles. The van der Waals surface area contributed by atoms with Crippen LogP contribution in [-0.4, -0.2) is 29.2 Å². The van der Waals surface area contributed by atoms with Crippen LogP contribution in [0, 0.1) is 16.2 Å². The Balaban J connectivity index is 2.68. The van der Waals surface area contributed by atoms with Crippen molar-refractivity contribution in [2.75, 3.05) is 0 Å². The molecular formula is C11H17N9. The van der Waals surface area contributed by atoms with Crippen LogP contribution in [0.4, 0.5) is 0 Å². The van der Waals surface area contributed by atoms with Crippen molar-refractivity contribution in [3.05, 3.63) is 33.9 Å². The Morgan fingerprint density at radius 1 is 0.650 bits per heavy atom. The fraction of sp³-hybridized carbons (Fsp3) is 0.182. The van der Waals surface area contributed by atoms with Crippen molar-refractivity contribution < 1.29 is 0 Å². The first-order chi connectivity index (χ1) is 9.20. The van der Waals surface area contributed by atoms with E-state index in [9.17, 15) is 0 Å². The summed E-state index contributed by atoms with van der Waals surface area (Å²) < 4.78 is 0. The molecule has 0 bridgehead atoms. The smallest absolute Gasteiger partial charge is 0.103 e. The zero-order valence-corrected chi connectivity index (χ0v) is 10.6. The van der Waals surface area contributed by atoms with Crippen molar-refractivity contribution >= 4 is 17.1 Å². The summed E-state index contributed by atoms with van der Waals surface area (Å²) in [6.07, 6.45) is 0. The zero-order chi connectivity index (χ0) is 15.4. The maximum absolute atomic E-state index is 8.01. The van der Waals surface area contributed by atoms with Crippen LogP contribution >= 0.6 is 0 Å². The average molecular weight is 275 g/mol. The maximum atomic E-state index is 8.01. The topological polar surface area (TPSA) is 228 Å². The first-order valence-electron chi connectivity index (χ1n) is 5.73. The molecule has 2 aliphatic rings. The highest BCUT2D eigenvalue weighted by molar-refractivity contribution is 6.31. The average Bonchev–Trinajstić information content (AvgIpc) is 2.61. The molecule has 0 aliphatic heterocycles. The van der Waals surface area contributed by atoms with Gasteiger partial charge in [0.05, 0.1) is 40.6 Å². The summed E-state index contributed by atoms with van der Waals surface area (Å²) in [6.45, 7) is 0. The quantitative estimate of drug-likeness (QED) is 0.231. The van der Waals surface area contributed by atoms with Gasteiger partial charge in [-0.25, -0.2) is 0 Å². The van der Waals surface area contributed by atoms with Gasteiger partial charge in [0.1, 0.15) is 5.71 Å². The van der Waals surface area contributed by atoms with E-state index in [1.54, 1.807) is 0 Å². The van der Waals surface area contributed by atoms with Crippen molar-refractivity contribution in [2.45, 2.75) is 12.1 Å². The van der Waals surface area contributed by atoms with Crippen molar-refractivity contribution in [1.29, 1.82) is 16.2 Å². The van der Waals surface area contributed by atoms with Gasteiger partial charge < -0.3 is 39.8 Å². The van der Waals surface area contributed by atoms with Gasteiger partial charge in [-0.05, 0) is 0 Å². The second-order valence-corrected chi connectivity index (χ2v) is 4.66. The summed E-state index contributed by atoms with van der Waals surface area (Å²) >= 11 is 0. The van der Waals surface area contributed by atoms with Crippen molar-refractivity contribution in [3.8, 4) is 0 Å². The molecule has 0 fully saturated rings. The van der Waals surface area contributed by atoms with E-state index in [0.717, 1.165) is 0 Å². The molecule has 15 N–H and O–H groups in total. The Labute approximate surface area is 114 Å². The summed E-state index contributed by atoms with van der Waals surface area (Å²) in [7, 11) is 0. The summed E-state index contributed by atoms with van der Waals surface area (Å²) in [4.78, 5) is 0. The van der Waals surface area contributed by atoms with Crippen LogP contribution in [0.2, 0.25) is 0 Å². The zero-order valence-electron chi connectivity index (χ0n) is 10.6. The van der Waals surface area contributed by atoms with Crippen LogP contribution in [0.25, 0.3) is 0 Å². The third kappa shape index (κ3) is 1.54. The molecule has 0 spiro atoms. The van der Waals surface area contributed by atoms with Crippen LogP contribution < -0.4 is 34.4 Å². The Kier molecular flexibility index (Phi) is 2.88. The third-order valence-electron chi connectivity index (χ3n) is 3.50. The van der Waals surface area contributed by atoms with Crippen molar-refractivity contribution in [3.63, 3.8) is 0 Å². The number of hydrogen-bond donors (Lipinski definition) is 9. The van der Waals surface area contributed by atoms with Gasteiger partial charge in [0.25, 0.3) is 0 Å². The van der Waals surface area contributed by atoms with Gasteiger partial charge in [-0.2, -0.15) is 0 Å². The Morgan fingerprint density at radius 2 is 1.15 bits per heavy atom. The molecule has 20 heavy (non-hydrogen) atoms. The molecule has 0 amide bonds. The van der Waals surface area contributed by atoms with E-state index in [-0.39, 0.29) is 51.1 Å². The molecule has 0 aromatic rings. The minimum atomic E-state index is -0.781. The highest BCUT2D eigenvalue weighted by atomic mass is 14.9. The summed E-state index contributed by atoms with van der Waals surface area (Å²) in [5.74, 6) is 0. The Bertz CT molecular complexity index is 649. The largest absolute Gasteiger partial charge is 0.400 e. The third-order valence-corrected chi connectivity index (χ3v) is 3.50. The molecule has 0 saturated heterocycles. The van der Waals surface area contributed by atoms with E-state index >= 15 is 0 Å². The van der Waals surface area contributed by atoms with E-state index in [1.807, 2.05) is 0 Å². The molecule has 2 rings (SSSR count). The van der Waals surface area contributed by atoms with Crippen LogP contribution in [0.1, 0.15) is 0 Å². The number of hydrogen-bond acceptors (Lipinski definition) is 9. The van der Waals surface area contributed by atoms with Crippen LogP contribution in [0.3, 0.4) is 0 Å². The fourth-order valence-corrected chi connectivity index (χ4v) is 2.21. The molecule has 106 valence electrons. The fourth-order valence-electron chi connectivity index (χ4n) is 2.21. The lowest BCUT2D eigenvalue weighted by Gasteiger charge is -2.22. The minimum Gasteiger partial charge on any atom is -0.400 e. The second-order valence-electron chi connectivity index (χ2n) is 4.66. The summed E-state index contributed by atoms with van der Waals surface area (Å²) in [6, 6.07) is -1.51. The predicted octanol–water partition coefficient (Wildman–Crippen LogP) is -2.72. The lowest BCUT2D eigenvalue weighted by Crippen LogP contribution is -2.44. The van der Waals surface area contributed by atoms with E-state index < -0.39 is 12.1 Å². The standard InChI is InChI=1S/C11H17N9/c12-3-1(4(13)8(17)7(3)16)2-5(14)9(18)11(20)10(19)6(2)15/h7-8,12,14,19H,13,15-18,20H2. The van der Waals surface area contributed by atoms with Crippen LogP contribution in [-0.2, 0) is 0 Å². The van der Waals surface area contributed by atoms with Crippen LogP contribution in [0.15, 0.2) is 33.9 Å². The number of nitrogens with two attached hydrogens (primary N) is 6. The molecule has 2 atom stereocenters. The highest BCUT2D eigenvalue weighted by Crippen LogP contribution is 2.30. The van der Waals surface area contributed by atoms with Gasteiger partial charge in [0.2, 0.25) is 0 Å². The van der Waals surface area contributed by atoms with Crippen LogP contribution in [0.5, 0.6) is 0 Å². The maximum Gasteiger partial charge on any atom is 0.103 e. The predicted molar refractivity (Wildman–Crippen MR) is 77.0 cm³/mol. The molecule has 2 aliphatic carbocycles. The number of allylic oxidation sites excluding steroid dienone is 1. The van der Waals surface area contributed by atoms with Gasteiger partial charge in [-0.15, -0.1) is 0 Å². The van der Waals surface area contributed by atoms with Crippen molar-refractivity contribution in [2.24, 2.45) is 34.4 Å². The van der Waals surface area contributed by atoms with E-state index in [4.69, 9.17) is 50.6 Å². The molecule has 0 saturated carbocycles.